The summed E-state index contributed by atoms with van der Waals surface area (Å²) in [5.74, 6) is 2.45. The van der Waals surface area contributed by atoms with Crippen LogP contribution in [-0.4, -0.2) is 68.2 Å². The van der Waals surface area contributed by atoms with Crippen LogP contribution in [0.15, 0.2) is 0 Å². The average molecular weight is 379 g/mol. The van der Waals surface area contributed by atoms with Crippen molar-refractivity contribution in [1.29, 1.82) is 5.41 Å². The van der Waals surface area contributed by atoms with Crippen LogP contribution in [0.25, 0.3) is 0 Å². The van der Waals surface area contributed by atoms with Gasteiger partial charge >= 0.3 is 0 Å². The SMILES string of the molecule is CCC(C)NCC1(C=N)CC1CC(C)CC1CCN(CC(=O)N(C)C)CC1. The van der Waals surface area contributed by atoms with Crippen LogP contribution in [0.2, 0.25) is 0 Å². The number of amides is 1. The minimum Gasteiger partial charge on any atom is -0.348 e. The Balaban J connectivity index is 1.67. The topological polar surface area (TPSA) is 59.4 Å². The van der Waals surface area contributed by atoms with E-state index in [9.17, 15) is 4.79 Å². The van der Waals surface area contributed by atoms with Crippen molar-refractivity contribution < 1.29 is 4.79 Å². The summed E-state index contributed by atoms with van der Waals surface area (Å²) in [4.78, 5) is 15.9. The monoisotopic (exact) mass is 378 g/mol. The lowest BCUT2D eigenvalue weighted by molar-refractivity contribution is -0.130. The van der Waals surface area contributed by atoms with E-state index in [1.54, 1.807) is 11.1 Å². The third kappa shape index (κ3) is 6.56. The van der Waals surface area contributed by atoms with Gasteiger partial charge in [-0.05, 0) is 76.3 Å². The van der Waals surface area contributed by atoms with E-state index in [0.29, 0.717) is 18.5 Å². The Bertz CT molecular complexity index is 487. The van der Waals surface area contributed by atoms with E-state index in [0.717, 1.165) is 37.9 Å². The number of carbonyl (C=O) groups excluding carboxylic acids is 1. The number of piperidine rings is 1. The fourth-order valence-electron chi connectivity index (χ4n) is 4.53. The number of nitrogens with one attached hydrogen (secondary N) is 2. The lowest BCUT2D eigenvalue weighted by Crippen LogP contribution is -2.41. The summed E-state index contributed by atoms with van der Waals surface area (Å²) in [6.07, 6.45) is 9.07. The molecule has 0 spiro atoms. The van der Waals surface area contributed by atoms with E-state index in [1.165, 1.54) is 32.1 Å². The molecule has 2 rings (SSSR count). The molecule has 2 N–H and O–H groups in total. The van der Waals surface area contributed by atoms with Gasteiger partial charge in [-0.25, -0.2) is 0 Å². The maximum atomic E-state index is 11.9. The molecule has 4 unspecified atom stereocenters. The van der Waals surface area contributed by atoms with Gasteiger partial charge in [-0.2, -0.15) is 0 Å². The van der Waals surface area contributed by atoms with Crippen LogP contribution >= 0.6 is 0 Å². The number of likely N-dealkylation sites (N-methyl/N-ethyl adjacent to an activating group) is 1. The second-order valence-electron chi connectivity index (χ2n) is 9.55. The molecule has 1 saturated carbocycles. The molecule has 27 heavy (non-hydrogen) atoms. The van der Waals surface area contributed by atoms with Crippen molar-refractivity contribution in [3.63, 3.8) is 0 Å². The maximum absolute atomic E-state index is 11.9. The van der Waals surface area contributed by atoms with E-state index in [4.69, 9.17) is 5.41 Å². The first-order chi connectivity index (χ1) is 12.8. The van der Waals surface area contributed by atoms with Crippen molar-refractivity contribution in [2.45, 2.75) is 65.3 Å². The zero-order valence-electron chi connectivity index (χ0n) is 18.3. The molecule has 1 aliphatic heterocycles. The van der Waals surface area contributed by atoms with Gasteiger partial charge in [-0.1, -0.05) is 13.8 Å². The molecule has 1 saturated heterocycles. The molecule has 0 aromatic rings. The molecule has 4 atom stereocenters. The maximum Gasteiger partial charge on any atom is 0.236 e. The number of hydrogen-bond acceptors (Lipinski definition) is 4. The fourth-order valence-corrected chi connectivity index (χ4v) is 4.53. The minimum absolute atomic E-state index is 0.133. The van der Waals surface area contributed by atoms with E-state index < -0.39 is 0 Å². The molecule has 1 heterocycles. The molecule has 5 heteroatoms. The number of carbonyl (C=O) groups is 1. The van der Waals surface area contributed by atoms with Crippen LogP contribution < -0.4 is 5.32 Å². The molecule has 156 valence electrons. The molecular formula is C22H42N4O. The van der Waals surface area contributed by atoms with Gasteiger partial charge in [0, 0.05) is 38.3 Å². The Kier molecular flexibility index (Phi) is 8.29. The van der Waals surface area contributed by atoms with Gasteiger partial charge in [0.1, 0.15) is 0 Å². The van der Waals surface area contributed by atoms with Gasteiger partial charge in [-0.15, -0.1) is 0 Å². The quantitative estimate of drug-likeness (QED) is 0.543. The van der Waals surface area contributed by atoms with Gasteiger partial charge in [0.2, 0.25) is 5.91 Å². The summed E-state index contributed by atoms with van der Waals surface area (Å²) < 4.78 is 0. The highest BCUT2D eigenvalue weighted by Crippen LogP contribution is 2.54. The summed E-state index contributed by atoms with van der Waals surface area (Å²) in [5, 5.41) is 11.5. The number of hydrogen-bond donors (Lipinski definition) is 2. The van der Waals surface area contributed by atoms with E-state index in [2.05, 4.69) is 31.0 Å². The molecule has 0 aromatic heterocycles. The number of likely N-dealkylation sites (tertiary alicyclic amines) is 1. The van der Waals surface area contributed by atoms with Crippen LogP contribution in [-0.2, 0) is 4.79 Å². The van der Waals surface area contributed by atoms with Crippen molar-refractivity contribution in [3.05, 3.63) is 0 Å². The molecule has 1 aliphatic carbocycles. The summed E-state index contributed by atoms with van der Waals surface area (Å²) in [6, 6.07) is 0.546. The first kappa shape index (κ1) is 22.4. The molecule has 1 amide bonds. The zero-order chi connectivity index (χ0) is 20.0. The third-order valence-corrected chi connectivity index (χ3v) is 6.95. The molecule has 2 fully saturated rings. The standard InChI is InChI=1S/C22H42N4O/c1-6-18(3)24-16-22(15-23)13-20(22)12-17(2)11-19-7-9-26(10-8-19)14-21(27)25(4)5/h15,17-20,23-24H,6-14,16H2,1-5H3. The molecule has 5 nitrogen and oxygen atoms in total. The Labute approximate surface area is 166 Å². The highest BCUT2D eigenvalue weighted by molar-refractivity contribution is 5.77. The Morgan fingerprint density at radius 3 is 2.52 bits per heavy atom. The van der Waals surface area contributed by atoms with E-state index in [-0.39, 0.29) is 11.3 Å². The van der Waals surface area contributed by atoms with Crippen LogP contribution in [0.5, 0.6) is 0 Å². The van der Waals surface area contributed by atoms with Gasteiger partial charge in [0.05, 0.1) is 6.54 Å². The molecule has 2 aliphatic rings. The highest BCUT2D eigenvalue weighted by Gasteiger charge is 2.52. The second-order valence-corrected chi connectivity index (χ2v) is 9.55. The summed E-state index contributed by atoms with van der Waals surface area (Å²) in [6.45, 7) is 10.5. The predicted molar refractivity (Wildman–Crippen MR) is 113 cm³/mol. The summed E-state index contributed by atoms with van der Waals surface area (Å²) in [7, 11) is 3.67. The molecule has 0 bridgehead atoms. The summed E-state index contributed by atoms with van der Waals surface area (Å²) in [5.41, 5.74) is 0.133. The lowest BCUT2D eigenvalue weighted by Gasteiger charge is -2.33. The minimum atomic E-state index is 0.133. The molecular weight excluding hydrogens is 336 g/mol. The van der Waals surface area contributed by atoms with Gasteiger partial charge in [0.15, 0.2) is 0 Å². The summed E-state index contributed by atoms with van der Waals surface area (Å²) >= 11 is 0. The second kappa shape index (κ2) is 10.0. The van der Waals surface area contributed by atoms with Crippen LogP contribution in [0, 0.1) is 28.6 Å². The number of rotatable bonds is 11. The smallest absolute Gasteiger partial charge is 0.236 e. The van der Waals surface area contributed by atoms with Crippen molar-refractivity contribution >= 4 is 12.1 Å². The normalized spacial score (nSPS) is 28.6. The molecule has 0 radical (unpaired) electrons. The van der Waals surface area contributed by atoms with Crippen molar-refractivity contribution in [2.75, 3.05) is 40.3 Å². The van der Waals surface area contributed by atoms with Gasteiger partial charge < -0.3 is 15.6 Å². The Hall–Kier alpha value is -0.940. The largest absolute Gasteiger partial charge is 0.348 e. The average Bonchev–Trinajstić information content (AvgIpc) is 3.33. The predicted octanol–water partition coefficient (Wildman–Crippen LogP) is 3.25. The first-order valence-corrected chi connectivity index (χ1v) is 11.0. The number of nitrogens with zero attached hydrogens (tertiary/aromatic N) is 2. The van der Waals surface area contributed by atoms with Crippen molar-refractivity contribution in [2.24, 2.45) is 23.2 Å². The fraction of sp³-hybridized carbons (Fsp3) is 0.909. The third-order valence-electron chi connectivity index (χ3n) is 6.95. The molecule has 0 aromatic carbocycles. The Morgan fingerprint density at radius 2 is 1.96 bits per heavy atom. The van der Waals surface area contributed by atoms with Crippen molar-refractivity contribution in [1.82, 2.24) is 15.1 Å². The first-order valence-electron chi connectivity index (χ1n) is 11.0. The highest BCUT2D eigenvalue weighted by atomic mass is 16.2. The van der Waals surface area contributed by atoms with Crippen molar-refractivity contribution in [3.8, 4) is 0 Å². The lowest BCUT2D eigenvalue weighted by atomic mass is 9.85. The van der Waals surface area contributed by atoms with Crippen LogP contribution in [0.3, 0.4) is 0 Å². The van der Waals surface area contributed by atoms with Gasteiger partial charge in [0.25, 0.3) is 0 Å². The van der Waals surface area contributed by atoms with E-state index >= 15 is 0 Å². The zero-order valence-corrected chi connectivity index (χ0v) is 18.3. The van der Waals surface area contributed by atoms with Crippen LogP contribution in [0.4, 0.5) is 0 Å². The van der Waals surface area contributed by atoms with Crippen LogP contribution in [0.1, 0.15) is 59.3 Å². The van der Waals surface area contributed by atoms with E-state index in [1.807, 2.05) is 14.1 Å². The van der Waals surface area contributed by atoms with Gasteiger partial charge in [-0.3, -0.25) is 9.69 Å². The Morgan fingerprint density at radius 1 is 1.30 bits per heavy atom.